The molecule has 0 saturated carbocycles. The summed E-state index contributed by atoms with van der Waals surface area (Å²) in [4.78, 5) is 26.7. The average Bonchev–Trinajstić information content (AvgIpc) is 3.03. The number of carbonyl (C=O) groups excluding carboxylic acids is 1. The van der Waals surface area contributed by atoms with Crippen molar-refractivity contribution in [1.82, 2.24) is 14.5 Å². The van der Waals surface area contributed by atoms with Crippen LogP contribution in [-0.2, 0) is 6.54 Å². The quantitative estimate of drug-likeness (QED) is 0.469. The first-order valence-electron chi connectivity index (χ1n) is 9.90. The maximum Gasteiger partial charge on any atom is 0.256 e. The van der Waals surface area contributed by atoms with Gasteiger partial charge in [-0.2, -0.15) is 0 Å². The number of para-hydroxylation sites is 2. The molecule has 0 unspecified atom stereocenters. The highest BCUT2D eigenvalue weighted by atomic mass is 19.1. The Morgan fingerprint density at radius 1 is 1.13 bits per heavy atom. The summed E-state index contributed by atoms with van der Waals surface area (Å²) in [7, 11) is 1.68. The number of carbonyl (C=O) groups is 1. The van der Waals surface area contributed by atoms with E-state index in [0.717, 1.165) is 23.9 Å². The molecule has 0 saturated heterocycles. The van der Waals surface area contributed by atoms with Gasteiger partial charge in [0.05, 0.1) is 16.6 Å². The molecule has 0 aliphatic carbocycles. The van der Waals surface area contributed by atoms with Crippen molar-refractivity contribution < 1.29 is 9.18 Å². The SMILES string of the molecule is CCCCn1c(NC(=O)c2ccc(F)cc2)c(C=NC)c2nc3ccccc3nc21. The fourth-order valence-electron chi connectivity index (χ4n) is 3.42. The summed E-state index contributed by atoms with van der Waals surface area (Å²) < 4.78 is 15.2. The summed E-state index contributed by atoms with van der Waals surface area (Å²) in [5, 5.41) is 2.98. The lowest BCUT2D eigenvalue weighted by Gasteiger charge is -2.12. The maximum atomic E-state index is 13.3. The van der Waals surface area contributed by atoms with E-state index in [4.69, 9.17) is 9.97 Å². The lowest BCUT2D eigenvalue weighted by molar-refractivity contribution is 0.102. The van der Waals surface area contributed by atoms with Gasteiger partial charge in [0, 0.05) is 25.4 Å². The highest BCUT2D eigenvalue weighted by Crippen LogP contribution is 2.29. The number of unbranched alkanes of at least 4 members (excludes halogenated alkanes) is 1. The van der Waals surface area contributed by atoms with Crippen LogP contribution in [-0.4, -0.2) is 33.7 Å². The van der Waals surface area contributed by atoms with Crippen LogP contribution in [0, 0.1) is 5.82 Å². The number of aromatic nitrogens is 3. The minimum absolute atomic E-state index is 0.328. The zero-order valence-corrected chi connectivity index (χ0v) is 16.9. The number of hydrogen-bond donors (Lipinski definition) is 1. The Morgan fingerprint density at radius 3 is 2.50 bits per heavy atom. The van der Waals surface area contributed by atoms with Crippen LogP contribution in [0.25, 0.3) is 22.2 Å². The highest BCUT2D eigenvalue weighted by molar-refractivity contribution is 6.11. The van der Waals surface area contributed by atoms with Crippen molar-refractivity contribution >= 4 is 40.1 Å². The molecule has 30 heavy (non-hydrogen) atoms. The van der Waals surface area contributed by atoms with E-state index < -0.39 is 0 Å². The topological polar surface area (TPSA) is 72.2 Å². The van der Waals surface area contributed by atoms with Crippen LogP contribution in [0.1, 0.15) is 35.7 Å². The van der Waals surface area contributed by atoms with Crippen LogP contribution < -0.4 is 5.32 Å². The standard InChI is InChI=1S/C23H22FN5O/c1-3-4-13-29-21(28-23(30)15-9-11-16(24)12-10-15)17(14-25-2)20-22(29)27-19-8-6-5-7-18(19)26-20/h5-12,14H,3-4,13H2,1-2H3,(H,28,30). The number of nitrogens with zero attached hydrogens (tertiary/aromatic N) is 4. The molecular weight excluding hydrogens is 381 g/mol. The van der Waals surface area contributed by atoms with Crippen LogP contribution in [0.5, 0.6) is 0 Å². The van der Waals surface area contributed by atoms with Gasteiger partial charge < -0.3 is 9.88 Å². The van der Waals surface area contributed by atoms with Gasteiger partial charge in [0.15, 0.2) is 5.65 Å². The second kappa shape index (κ2) is 8.41. The molecule has 2 heterocycles. The van der Waals surface area contributed by atoms with E-state index in [0.29, 0.717) is 34.7 Å². The lowest BCUT2D eigenvalue weighted by atomic mass is 10.2. The molecule has 4 aromatic rings. The number of rotatable bonds is 6. The largest absolute Gasteiger partial charge is 0.310 e. The van der Waals surface area contributed by atoms with Crippen molar-refractivity contribution in [2.24, 2.45) is 4.99 Å². The summed E-state index contributed by atoms with van der Waals surface area (Å²) in [6.45, 7) is 2.79. The van der Waals surface area contributed by atoms with E-state index in [1.807, 2.05) is 28.8 Å². The molecule has 2 aromatic carbocycles. The Balaban J connectivity index is 1.90. The van der Waals surface area contributed by atoms with E-state index >= 15 is 0 Å². The molecule has 152 valence electrons. The Bertz CT molecular complexity index is 1240. The summed E-state index contributed by atoms with van der Waals surface area (Å²) in [5.41, 5.74) is 4.03. The number of anilines is 1. The lowest BCUT2D eigenvalue weighted by Crippen LogP contribution is -2.16. The van der Waals surface area contributed by atoms with Gasteiger partial charge in [-0.3, -0.25) is 9.79 Å². The third-order valence-electron chi connectivity index (χ3n) is 4.92. The van der Waals surface area contributed by atoms with Gasteiger partial charge >= 0.3 is 0 Å². The molecule has 0 aliphatic heterocycles. The van der Waals surface area contributed by atoms with Crippen molar-refractivity contribution in [2.45, 2.75) is 26.3 Å². The number of fused-ring (bicyclic) bond motifs is 2. The molecule has 7 heteroatoms. The predicted octanol–water partition coefficient (Wildman–Crippen LogP) is 4.82. The van der Waals surface area contributed by atoms with E-state index in [9.17, 15) is 9.18 Å². The number of aliphatic imine (C=N–C) groups is 1. The molecule has 0 aliphatic rings. The third-order valence-corrected chi connectivity index (χ3v) is 4.92. The minimum Gasteiger partial charge on any atom is -0.310 e. The van der Waals surface area contributed by atoms with Gasteiger partial charge in [0.1, 0.15) is 17.2 Å². The molecule has 0 spiro atoms. The zero-order valence-electron chi connectivity index (χ0n) is 16.9. The van der Waals surface area contributed by atoms with Gasteiger partial charge in [-0.25, -0.2) is 14.4 Å². The Morgan fingerprint density at radius 2 is 1.83 bits per heavy atom. The molecule has 6 nitrogen and oxygen atoms in total. The number of nitrogens with one attached hydrogen (secondary N) is 1. The smallest absolute Gasteiger partial charge is 0.256 e. The summed E-state index contributed by atoms with van der Waals surface area (Å²) in [6, 6.07) is 13.1. The van der Waals surface area contributed by atoms with Gasteiger partial charge in [-0.1, -0.05) is 25.5 Å². The van der Waals surface area contributed by atoms with Crippen LogP contribution in [0.3, 0.4) is 0 Å². The molecule has 0 atom stereocenters. The summed E-state index contributed by atoms with van der Waals surface area (Å²) in [6.07, 6.45) is 3.60. The van der Waals surface area contributed by atoms with Crippen LogP contribution in [0.2, 0.25) is 0 Å². The highest BCUT2D eigenvalue weighted by Gasteiger charge is 2.21. The van der Waals surface area contributed by atoms with Crippen molar-refractivity contribution in [1.29, 1.82) is 0 Å². The monoisotopic (exact) mass is 403 g/mol. The zero-order chi connectivity index (χ0) is 21.1. The fraction of sp³-hybridized carbons (Fsp3) is 0.217. The van der Waals surface area contributed by atoms with Crippen molar-refractivity contribution in [3.63, 3.8) is 0 Å². The Labute approximate surface area is 173 Å². The Kier molecular flexibility index (Phi) is 5.52. The van der Waals surface area contributed by atoms with Crippen molar-refractivity contribution in [2.75, 3.05) is 12.4 Å². The molecule has 0 fully saturated rings. The first kappa shape index (κ1) is 19.7. The first-order chi connectivity index (χ1) is 14.6. The molecule has 1 N–H and O–H groups in total. The third kappa shape index (κ3) is 3.66. The number of hydrogen-bond acceptors (Lipinski definition) is 4. The second-order valence-corrected chi connectivity index (χ2v) is 7.00. The summed E-state index contributed by atoms with van der Waals surface area (Å²) in [5.74, 6) is -0.123. The number of aryl methyl sites for hydroxylation is 1. The van der Waals surface area contributed by atoms with Crippen molar-refractivity contribution in [3.8, 4) is 0 Å². The molecular formula is C23H22FN5O. The van der Waals surface area contributed by atoms with Crippen molar-refractivity contribution in [3.05, 3.63) is 65.5 Å². The van der Waals surface area contributed by atoms with Gasteiger partial charge in [-0.05, 0) is 42.8 Å². The second-order valence-electron chi connectivity index (χ2n) is 7.00. The number of halogens is 1. The average molecular weight is 403 g/mol. The number of benzene rings is 2. The maximum absolute atomic E-state index is 13.3. The normalized spacial score (nSPS) is 11.6. The van der Waals surface area contributed by atoms with Gasteiger partial charge in [-0.15, -0.1) is 0 Å². The molecule has 1 amide bonds. The minimum atomic E-state index is -0.387. The van der Waals surface area contributed by atoms with E-state index in [1.54, 1.807) is 13.3 Å². The van der Waals surface area contributed by atoms with Crippen LogP contribution in [0.4, 0.5) is 10.2 Å². The Hall–Kier alpha value is -3.61. The molecule has 4 rings (SSSR count). The molecule has 0 bridgehead atoms. The van der Waals surface area contributed by atoms with E-state index in [2.05, 4.69) is 17.2 Å². The molecule has 2 aromatic heterocycles. The molecule has 0 radical (unpaired) electrons. The van der Waals surface area contributed by atoms with Crippen LogP contribution >= 0.6 is 0 Å². The summed E-state index contributed by atoms with van der Waals surface area (Å²) >= 11 is 0. The van der Waals surface area contributed by atoms with Gasteiger partial charge in [0.2, 0.25) is 0 Å². The van der Waals surface area contributed by atoms with Gasteiger partial charge in [0.25, 0.3) is 5.91 Å². The van der Waals surface area contributed by atoms with E-state index in [-0.39, 0.29) is 11.7 Å². The first-order valence-corrected chi connectivity index (χ1v) is 9.90. The predicted molar refractivity (Wildman–Crippen MR) is 118 cm³/mol. The van der Waals surface area contributed by atoms with Crippen LogP contribution in [0.15, 0.2) is 53.5 Å². The number of amides is 1. The fourth-order valence-corrected chi connectivity index (χ4v) is 3.42. The van der Waals surface area contributed by atoms with E-state index in [1.165, 1.54) is 24.3 Å².